The van der Waals surface area contributed by atoms with Gasteiger partial charge in [-0.05, 0) is 77.2 Å². The van der Waals surface area contributed by atoms with Crippen LogP contribution in [0, 0.1) is 3.57 Å². The van der Waals surface area contributed by atoms with Gasteiger partial charge in [-0.2, -0.15) is 0 Å². The highest BCUT2D eigenvalue weighted by atomic mass is 127. The number of aliphatic imine (C=N–C) groups is 1. The quantitative estimate of drug-likeness (QED) is 0.240. The molecule has 0 fully saturated rings. The molecule has 1 aromatic heterocycles. The first kappa shape index (κ1) is 18.3. The highest BCUT2D eigenvalue weighted by molar-refractivity contribution is 14.1. The van der Waals surface area contributed by atoms with E-state index < -0.39 is 5.97 Å². The van der Waals surface area contributed by atoms with Gasteiger partial charge >= 0.3 is 5.97 Å². The van der Waals surface area contributed by atoms with Crippen LogP contribution in [0.3, 0.4) is 0 Å². The number of cyclic esters (lactones) is 1. The second-order valence-electron chi connectivity index (χ2n) is 5.67. The Hall–Kier alpha value is -2.09. The highest BCUT2D eigenvalue weighted by Gasteiger charge is 2.24. The van der Waals surface area contributed by atoms with Crippen molar-refractivity contribution in [3.05, 3.63) is 85.2 Å². The number of halogens is 3. The van der Waals surface area contributed by atoms with Crippen LogP contribution in [0.2, 0.25) is 10.0 Å². The van der Waals surface area contributed by atoms with Gasteiger partial charge in [0, 0.05) is 25.8 Å². The van der Waals surface area contributed by atoms with E-state index in [0.29, 0.717) is 27.1 Å². The summed E-state index contributed by atoms with van der Waals surface area (Å²) in [5.74, 6) is 0.786. The SMILES string of the molecule is O=C1OC(c2ccc(I)cc2)=NC1=Cc1ccc(-c2ccc(Cl)cc2Cl)o1. The Kier molecular flexibility index (Phi) is 5.08. The second-order valence-corrected chi connectivity index (χ2v) is 7.76. The topological polar surface area (TPSA) is 51.8 Å². The fourth-order valence-corrected chi connectivity index (χ4v) is 3.39. The summed E-state index contributed by atoms with van der Waals surface area (Å²) in [6.45, 7) is 0. The summed E-state index contributed by atoms with van der Waals surface area (Å²) in [4.78, 5) is 16.4. The van der Waals surface area contributed by atoms with Crippen LogP contribution >= 0.6 is 45.8 Å². The summed E-state index contributed by atoms with van der Waals surface area (Å²) in [5.41, 5.74) is 1.62. The first-order chi connectivity index (χ1) is 13.0. The Morgan fingerprint density at radius 3 is 2.52 bits per heavy atom. The molecule has 0 atom stereocenters. The lowest BCUT2D eigenvalue weighted by Gasteiger charge is -2.00. The first-order valence-electron chi connectivity index (χ1n) is 7.83. The Morgan fingerprint density at radius 2 is 1.78 bits per heavy atom. The van der Waals surface area contributed by atoms with Gasteiger partial charge in [0.05, 0.1) is 5.02 Å². The number of hydrogen-bond donors (Lipinski definition) is 0. The number of benzene rings is 2. The molecule has 27 heavy (non-hydrogen) atoms. The average molecular weight is 510 g/mol. The number of nitrogens with zero attached hydrogens (tertiary/aromatic N) is 1. The van der Waals surface area contributed by atoms with Gasteiger partial charge < -0.3 is 9.15 Å². The standard InChI is InChI=1S/C20H10Cl2INO3/c21-12-3-7-15(16(22)9-12)18-8-6-14(26-18)10-17-20(25)27-19(24-17)11-1-4-13(23)5-2-11/h1-10H. The predicted molar refractivity (Wildman–Crippen MR) is 114 cm³/mol. The van der Waals surface area contributed by atoms with Gasteiger partial charge in [0.25, 0.3) is 0 Å². The molecule has 0 aliphatic carbocycles. The number of esters is 1. The maximum absolute atomic E-state index is 12.1. The Balaban J connectivity index is 1.63. The summed E-state index contributed by atoms with van der Waals surface area (Å²) in [6, 6.07) is 16.2. The zero-order valence-electron chi connectivity index (χ0n) is 13.6. The lowest BCUT2D eigenvalue weighted by molar-refractivity contribution is -0.129. The summed E-state index contributed by atoms with van der Waals surface area (Å²) < 4.78 is 12.1. The summed E-state index contributed by atoms with van der Waals surface area (Å²) >= 11 is 14.3. The fourth-order valence-electron chi connectivity index (χ4n) is 2.52. The predicted octanol–water partition coefficient (Wildman–Crippen LogP) is 6.20. The number of rotatable bonds is 3. The summed E-state index contributed by atoms with van der Waals surface area (Å²) in [6.07, 6.45) is 1.54. The van der Waals surface area contributed by atoms with E-state index in [1.54, 1.807) is 30.3 Å². The van der Waals surface area contributed by atoms with E-state index in [2.05, 4.69) is 27.6 Å². The average Bonchev–Trinajstić information content (AvgIpc) is 3.23. The molecule has 2 heterocycles. The molecule has 4 nitrogen and oxygen atoms in total. The van der Waals surface area contributed by atoms with Crippen molar-refractivity contribution in [2.24, 2.45) is 4.99 Å². The third-order valence-electron chi connectivity index (χ3n) is 3.81. The van der Waals surface area contributed by atoms with Crippen LogP contribution in [0.4, 0.5) is 0 Å². The van der Waals surface area contributed by atoms with Crippen LogP contribution in [-0.4, -0.2) is 11.9 Å². The fraction of sp³-hybridized carbons (Fsp3) is 0. The van der Waals surface area contributed by atoms with Gasteiger partial charge in [-0.25, -0.2) is 9.79 Å². The van der Waals surface area contributed by atoms with Crippen molar-refractivity contribution in [1.29, 1.82) is 0 Å². The minimum atomic E-state index is -0.522. The van der Waals surface area contributed by atoms with Gasteiger partial charge in [-0.1, -0.05) is 23.2 Å². The smallest absolute Gasteiger partial charge is 0.363 e. The van der Waals surface area contributed by atoms with Crippen LogP contribution in [0.5, 0.6) is 0 Å². The molecule has 0 unspecified atom stereocenters. The Labute approximate surface area is 178 Å². The van der Waals surface area contributed by atoms with Crippen molar-refractivity contribution >= 4 is 63.7 Å². The van der Waals surface area contributed by atoms with Crippen molar-refractivity contribution in [1.82, 2.24) is 0 Å². The molecule has 0 saturated heterocycles. The molecule has 0 N–H and O–H groups in total. The molecule has 0 bridgehead atoms. The minimum absolute atomic E-state index is 0.173. The van der Waals surface area contributed by atoms with E-state index in [1.807, 2.05) is 24.3 Å². The third-order valence-corrected chi connectivity index (χ3v) is 5.08. The maximum atomic E-state index is 12.1. The molecule has 4 rings (SSSR count). The molecular weight excluding hydrogens is 500 g/mol. The molecule has 3 aromatic rings. The highest BCUT2D eigenvalue weighted by Crippen LogP contribution is 2.32. The molecule has 0 spiro atoms. The van der Waals surface area contributed by atoms with E-state index in [1.165, 1.54) is 6.08 Å². The normalized spacial score (nSPS) is 15.1. The minimum Gasteiger partial charge on any atom is -0.457 e. The molecule has 134 valence electrons. The van der Waals surface area contributed by atoms with Gasteiger partial charge in [-0.15, -0.1) is 0 Å². The molecule has 2 aromatic carbocycles. The Morgan fingerprint density at radius 1 is 1.00 bits per heavy atom. The van der Waals surface area contributed by atoms with Crippen LogP contribution in [-0.2, 0) is 9.53 Å². The molecule has 0 saturated carbocycles. The van der Waals surface area contributed by atoms with Gasteiger partial charge in [0.15, 0.2) is 5.70 Å². The zero-order chi connectivity index (χ0) is 19.0. The number of carbonyl (C=O) groups is 1. The number of carbonyl (C=O) groups excluding carboxylic acids is 1. The van der Waals surface area contributed by atoms with E-state index in [-0.39, 0.29) is 11.6 Å². The lowest BCUT2D eigenvalue weighted by Crippen LogP contribution is -2.05. The first-order valence-corrected chi connectivity index (χ1v) is 9.67. The van der Waals surface area contributed by atoms with Gasteiger partial charge in [0.1, 0.15) is 11.5 Å². The van der Waals surface area contributed by atoms with Crippen molar-refractivity contribution in [2.45, 2.75) is 0 Å². The molecule has 1 aliphatic rings. The van der Waals surface area contributed by atoms with Crippen molar-refractivity contribution < 1.29 is 13.9 Å². The second kappa shape index (κ2) is 7.50. The van der Waals surface area contributed by atoms with Crippen molar-refractivity contribution in [2.75, 3.05) is 0 Å². The van der Waals surface area contributed by atoms with Crippen molar-refractivity contribution in [3.8, 4) is 11.3 Å². The van der Waals surface area contributed by atoms with Crippen LogP contribution in [0.25, 0.3) is 17.4 Å². The van der Waals surface area contributed by atoms with E-state index in [0.717, 1.165) is 9.13 Å². The maximum Gasteiger partial charge on any atom is 0.363 e. The van der Waals surface area contributed by atoms with Gasteiger partial charge in [0.2, 0.25) is 5.90 Å². The summed E-state index contributed by atoms with van der Waals surface area (Å²) in [5, 5.41) is 1.03. The largest absolute Gasteiger partial charge is 0.457 e. The van der Waals surface area contributed by atoms with E-state index in [4.69, 9.17) is 32.4 Å². The molecule has 0 radical (unpaired) electrons. The number of hydrogen-bond acceptors (Lipinski definition) is 4. The zero-order valence-corrected chi connectivity index (χ0v) is 17.2. The third kappa shape index (κ3) is 3.95. The molecular formula is C20H10Cl2INO3. The molecule has 7 heteroatoms. The number of furan rings is 1. The van der Waals surface area contributed by atoms with Crippen LogP contribution in [0.15, 0.2) is 69.7 Å². The van der Waals surface area contributed by atoms with E-state index in [9.17, 15) is 4.79 Å². The number of ether oxygens (including phenoxy) is 1. The van der Waals surface area contributed by atoms with Crippen LogP contribution < -0.4 is 0 Å². The molecule has 1 aliphatic heterocycles. The Bertz CT molecular complexity index is 1100. The van der Waals surface area contributed by atoms with Gasteiger partial charge in [-0.3, -0.25) is 0 Å². The lowest BCUT2D eigenvalue weighted by atomic mass is 10.2. The monoisotopic (exact) mass is 509 g/mol. The van der Waals surface area contributed by atoms with E-state index >= 15 is 0 Å². The van der Waals surface area contributed by atoms with Crippen LogP contribution in [0.1, 0.15) is 11.3 Å². The molecule has 0 amide bonds. The summed E-state index contributed by atoms with van der Waals surface area (Å²) in [7, 11) is 0. The van der Waals surface area contributed by atoms with Crippen molar-refractivity contribution in [3.63, 3.8) is 0 Å².